The number of piperidine rings is 1. The summed E-state index contributed by atoms with van der Waals surface area (Å²) < 4.78 is 0. The van der Waals surface area contributed by atoms with E-state index in [9.17, 15) is 5.11 Å². The maximum atomic E-state index is 10.0. The highest BCUT2D eigenvalue weighted by Crippen LogP contribution is 2.16. The molecule has 1 N–H and O–H groups in total. The van der Waals surface area contributed by atoms with Crippen LogP contribution in [0.2, 0.25) is 0 Å². The van der Waals surface area contributed by atoms with E-state index in [0.717, 1.165) is 26.1 Å². The summed E-state index contributed by atoms with van der Waals surface area (Å²) in [5, 5.41) is 10.0. The summed E-state index contributed by atoms with van der Waals surface area (Å²) in [6, 6.07) is 0.665. The first kappa shape index (κ1) is 13.9. The minimum atomic E-state index is -0.161. The molecule has 0 aromatic carbocycles. The van der Waals surface area contributed by atoms with Crippen molar-refractivity contribution < 1.29 is 5.11 Å². The van der Waals surface area contributed by atoms with Crippen molar-refractivity contribution in [3.63, 3.8) is 0 Å². The Bertz CT molecular complexity index is 196. The molecule has 0 saturated carbocycles. The molecule has 3 unspecified atom stereocenters. The lowest BCUT2D eigenvalue weighted by molar-refractivity contribution is 0.0439. The normalized spacial score (nSPS) is 27.0. The molecule has 96 valence electrons. The van der Waals surface area contributed by atoms with E-state index in [1.165, 1.54) is 12.8 Å². The number of likely N-dealkylation sites (N-methyl/N-ethyl adjacent to an activating group) is 1. The molecule has 1 aliphatic heterocycles. The fourth-order valence-electron chi connectivity index (χ4n) is 2.34. The summed E-state index contributed by atoms with van der Waals surface area (Å²) in [5.74, 6) is 0.416. The number of β-amino-alcohol motifs (C(OH)–C–C–N with tert-alkyl or cyclic N) is 1. The number of rotatable bonds is 5. The van der Waals surface area contributed by atoms with Crippen LogP contribution in [0.1, 0.15) is 33.1 Å². The fraction of sp³-hybridized carbons (Fsp3) is 1.00. The zero-order valence-electron chi connectivity index (χ0n) is 11.3. The first-order valence-electron chi connectivity index (χ1n) is 6.61. The second-order valence-electron chi connectivity index (χ2n) is 5.47. The van der Waals surface area contributed by atoms with Crippen LogP contribution in [-0.4, -0.2) is 60.8 Å². The van der Waals surface area contributed by atoms with Crippen LogP contribution in [-0.2, 0) is 0 Å². The van der Waals surface area contributed by atoms with Gasteiger partial charge in [-0.15, -0.1) is 0 Å². The molecule has 1 saturated heterocycles. The van der Waals surface area contributed by atoms with Gasteiger partial charge in [-0.2, -0.15) is 0 Å². The van der Waals surface area contributed by atoms with E-state index in [4.69, 9.17) is 0 Å². The van der Waals surface area contributed by atoms with Gasteiger partial charge in [-0.3, -0.25) is 4.90 Å². The molecular formula is C13H28N2O. The molecule has 3 nitrogen and oxygen atoms in total. The lowest BCUT2D eigenvalue weighted by atomic mass is 9.99. The Kier molecular flexibility index (Phi) is 5.73. The predicted molar refractivity (Wildman–Crippen MR) is 68.6 cm³/mol. The number of hydrogen-bond acceptors (Lipinski definition) is 3. The topological polar surface area (TPSA) is 26.7 Å². The summed E-state index contributed by atoms with van der Waals surface area (Å²) >= 11 is 0. The Morgan fingerprint density at radius 2 is 2.12 bits per heavy atom. The monoisotopic (exact) mass is 228 g/mol. The smallest absolute Gasteiger partial charge is 0.0692 e. The fourth-order valence-corrected chi connectivity index (χ4v) is 2.34. The predicted octanol–water partition coefficient (Wildman–Crippen LogP) is 1.42. The number of nitrogens with zero attached hydrogens (tertiary/aromatic N) is 2. The van der Waals surface area contributed by atoms with Gasteiger partial charge in [0.1, 0.15) is 0 Å². The Labute approximate surface area is 100 Å². The Hall–Kier alpha value is -0.120. The first-order chi connectivity index (χ1) is 7.54. The zero-order valence-corrected chi connectivity index (χ0v) is 11.3. The molecule has 3 atom stereocenters. The van der Waals surface area contributed by atoms with Crippen molar-refractivity contribution in [2.45, 2.75) is 45.3 Å². The molecule has 1 rings (SSSR count). The third-order valence-electron chi connectivity index (χ3n) is 3.96. The van der Waals surface area contributed by atoms with Crippen LogP contribution >= 0.6 is 0 Å². The molecule has 0 bridgehead atoms. The van der Waals surface area contributed by atoms with Gasteiger partial charge >= 0.3 is 0 Å². The molecule has 1 heterocycles. The van der Waals surface area contributed by atoms with Gasteiger partial charge in [0.25, 0.3) is 0 Å². The van der Waals surface area contributed by atoms with E-state index in [1.54, 1.807) is 0 Å². The van der Waals surface area contributed by atoms with Gasteiger partial charge in [0, 0.05) is 19.1 Å². The van der Waals surface area contributed by atoms with E-state index in [1.807, 2.05) is 0 Å². The molecule has 0 aliphatic carbocycles. The van der Waals surface area contributed by atoms with Gasteiger partial charge < -0.3 is 10.0 Å². The van der Waals surface area contributed by atoms with Gasteiger partial charge in [-0.25, -0.2) is 0 Å². The molecule has 0 aromatic heterocycles. The number of likely N-dealkylation sites (tertiary alicyclic amines) is 1. The zero-order chi connectivity index (χ0) is 12.1. The molecular weight excluding hydrogens is 200 g/mol. The van der Waals surface area contributed by atoms with Gasteiger partial charge in [0.05, 0.1) is 6.10 Å². The minimum Gasteiger partial charge on any atom is -0.392 e. The van der Waals surface area contributed by atoms with Crippen LogP contribution in [0.15, 0.2) is 0 Å². The van der Waals surface area contributed by atoms with Crippen LogP contribution in [0.25, 0.3) is 0 Å². The largest absolute Gasteiger partial charge is 0.392 e. The third kappa shape index (κ3) is 4.04. The van der Waals surface area contributed by atoms with Crippen molar-refractivity contribution in [1.82, 2.24) is 9.80 Å². The van der Waals surface area contributed by atoms with Crippen molar-refractivity contribution in [1.29, 1.82) is 0 Å². The lowest BCUT2D eigenvalue weighted by Gasteiger charge is -2.37. The van der Waals surface area contributed by atoms with Crippen LogP contribution in [0, 0.1) is 5.92 Å². The Balaban J connectivity index is 2.36. The third-order valence-corrected chi connectivity index (χ3v) is 3.96. The minimum absolute atomic E-state index is 0.161. The van der Waals surface area contributed by atoms with Crippen molar-refractivity contribution in [3.05, 3.63) is 0 Å². The van der Waals surface area contributed by atoms with Crippen molar-refractivity contribution >= 4 is 0 Å². The second kappa shape index (κ2) is 6.58. The Morgan fingerprint density at radius 3 is 2.69 bits per heavy atom. The summed E-state index contributed by atoms with van der Waals surface area (Å²) in [5.41, 5.74) is 0. The van der Waals surface area contributed by atoms with Gasteiger partial charge in [0.2, 0.25) is 0 Å². The standard InChI is InChI=1S/C13H28N2O/c1-5-11(2)13(16)10-15-8-6-7-12(9-15)14(3)4/h11-13,16H,5-10H2,1-4H3. The maximum absolute atomic E-state index is 10.0. The van der Waals surface area contributed by atoms with E-state index < -0.39 is 0 Å². The quantitative estimate of drug-likeness (QED) is 0.771. The van der Waals surface area contributed by atoms with E-state index in [0.29, 0.717) is 12.0 Å². The van der Waals surface area contributed by atoms with Gasteiger partial charge in [-0.05, 0) is 39.4 Å². The average Bonchev–Trinajstić information content (AvgIpc) is 2.28. The maximum Gasteiger partial charge on any atom is 0.0692 e. The van der Waals surface area contributed by atoms with Crippen LogP contribution in [0.3, 0.4) is 0 Å². The summed E-state index contributed by atoms with van der Waals surface area (Å²) in [6.07, 6.45) is 3.45. The van der Waals surface area contributed by atoms with Crippen molar-refractivity contribution in [2.24, 2.45) is 5.92 Å². The molecule has 1 aliphatic rings. The second-order valence-corrected chi connectivity index (χ2v) is 5.47. The number of aliphatic hydroxyl groups excluding tert-OH is 1. The molecule has 16 heavy (non-hydrogen) atoms. The number of hydrogen-bond donors (Lipinski definition) is 1. The van der Waals surface area contributed by atoms with Crippen molar-refractivity contribution in [2.75, 3.05) is 33.7 Å². The first-order valence-corrected chi connectivity index (χ1v) is 6.61. The molecule has 0 spiro atoms. The molecule has 3 heteroatoms. The van der Waals surface area contributed by atoms with Gasteiger partial charge in [0.15, 0.2) is 0 Å². The number of aliphatic hydroxyl groups is 1. The highest BCUT2D eigenvalue weighted by molar-refractivity contribution is 4.80. The average molecular weight is 228 g/mol. The highest BCUT2D eigenvalue weighted by Gasteiger charge is 2.24. The van der Waals surface area contributed by atoms with E-state index in [-0.39, 0.29) is 6.10 Å². The molecule has 0 amide bonds. The van der Waals surface area contributed by atoms with Crippen LogP contribution in [0.4, 0.5) is 0 Å². The van der Waals surface area contributed by atoms with Crippen LogP contribution < -0.4 is 0 Å². The summed E-state index contributed by atoms with van der Waals surface area (Å²) in [4.78, 5) is 4.73. The SMILES string of the molecule is CCC(C)C(O)CN1CCCC(N(C)C)C1. The summed E-state index contributed by atoms with van der Waals surface area (Å²) in [6.45, 7) is 7.39. The van der Waals surface area contributed by atoms with Crippen molar-refractivity contribution in [3.8, 4) is 0 Å². The van der Waals surface area contributed by atoms with Gasteiger partial charge in [-0.1, -0.05) is 20.3 Å². The Morgan fingerprint density at radius 1 is 1.44 bits per heavy atom. The molecule has 1 fully saturated rings. The van der Waals surface area contributed by atoms with E-state index in [2.05, 4.69) is 37.7 Å². The molecule has 0 aromatic rings. The highest BCUT2D eigenvalue weighted by atomic mass is 16.3. The lowest BCUT2D eigenvalue weighted by Crippen LogP contribution is -2.48. The summed E-state index contributed by atoms with van der Waals surface area (Å²) in [7, 11) is 4.30. The molecule has 0 radical (unpaired) electrons. The van der Waals surface area contributed by atoms with E-state index >= 15 is 0 Å². The van der Waals surface area contributed by atoms with Crippen LogP contribution in [0.5, 0.6) is 0 Å².